The lowest BCUT2D eigenvalue weighted by Gasteiger charge is -2.25. The first-order valence-corrected chi connectivity index (χ1v) is 7.79. The Balaban J connectivity index is 1.88. The van der Waals surface area contributed by atoms with Crippen LogP contribution in [0.5, 0.6) is 0 Å². The first kappa shape index (κ1) is 14.8. The summed E-state index contributed by atoms with van der Waals surface area (Å²) in [4.78, 5) is 24.4. The Bertz CT molecular complexity index is 758. The van der Waals surface area contributed by atoms with Crippen molar-refractivity contribution in [3.05, 3.63) is 58.1 Å². The number of anilines is 2. The zero-order chi connectivity index (χ0) is 15.7. The van der Waals surface area contributed by atoms with Crippen LogP contribution >= 0.6 is 15.9 Å². The molecule has 2 amide bonds. The van der Waals surface area contributed by atoms with Crippen LogP contribution in [0, 0.1) is 6.92 Å². The second-order valence-corrected chi connectivity index (χ2v) is 6.22. The number of nitrogens with one attached hydrogen (secondary N) is 2. The number of carbonyl (C=O) groups is 2. The van der Waals surface area contributed by atoms with E-state index in [4.69, 9.17) is 0 Å². The molecule has 3 rings (SSSR count). The van der Waals surface area contributed by atoms with Crippen molar-refractivity contribution < 1.29 is 9.59 Å². The van der Waals surface area contributed by atoms with Crippen LogP contribution in [-0.4, -0.2) is 11.8 Å². The fourth-order valence-electron chi connectivity index (χ4n) is 2.59. The molecule has 5 heteroatoms. The highest BCUT2D eigenvalue weighted by Crippen LogP contribution is 2.33. The van der Waals surface area contributed by atoms with Gasteiger partial charge in [-0.2, -0.15) is 0 Å². The minimum Gasteiger partial charge on any atom is -0.326 e. The summed E-state index contributed by atoms with van der Waals surface area (Å²) in [6, 6.07) is 13.1. The molecule has 112 valence electrons. The lowest BCUT2D eigenvalue weighted by Crippen LogP contribution is -2.30. The summed E-state index contributed by atoms with van der Waals surface area (Å²) in [7, 11) is 0. The fraction of sp³-hybridized carbons (Fsp3) is 0.176. The van der Waals surface area contributed by atoms with Crippen LogP contribution in [0.4, 0.5) is 11.4 Å². The van der Waals surface area contributed by atoms with Crippen molar-refractivity contribution in [2.75, 3.05) is 10.6 Å². The molecule has 1 aliphatic heterocycles. The molecule has 4 nitrogen and oxygen atoms in total. The summed E-state index contributed by atoms with van der Waals surface area (Å²) >= 11 is 3.45. The van der Waals surface area contributed by atoms with Crippen molar-refractivity contribution in [3.8, 4) is 0 Å². The van der Waals surface area contributed by atoms with Gasteiger partial charge in [0.25, 0.3) is 0 Å². The van der Waals surface area contributed by atoms with Crippen molar-refractivity contribution in [1.29, 1.82) is 0 Å². The molecule has 1 unspecified atom stereocenters. The first-order valence-electron chi connectivity index (χ1n) is 7.00. The van der Waals surface area contributed by atoms with Crippen LogP contribution in [0.15, 0.2) is 46.9 Å². The Morgan fingerprint density at radius 3 is 2.82 bits per heavy atom. The van der Waals surface area contributed by atoms with Gasteiger partial charge in [-0.25, -0.2) is 0 Å². The number of benzene rings is 2. The maximum absolute atomic E-state index is 12.6. The third-order valence-corrected chi connectivity index (χ3v) is 4.35. The third-order valence-electron chi connectivity index (χ3n) is 3.70. The molecular formula is C17H15BrN2O2. The van der Waals surface area contributed by atoms with Gasteiger partial charge in [0.05, 0.1) is 11.6 Å². The van der Waals surface area contributed by atoms with Crippen LogP contribution in [0.1, 0.15) is 23.5 Å². The van der Waals surface area contributed by atoms with E-state index < -0.39 is 5.92 Å². The van der Waals surface area contributed by atoms with Gasteiger partial charge in [-0.05, 0) is 52.2 Å². The molecule has 0 bridgehead atoms. The molecule has 0 spiro atoms. The summed E-state index contributed by atoms with van der Waals surface area (Å²) in [5, 5.41) is 5.70. The number of para-hydroxylation sites is 1. The van der Waals surface area contributed by atoms with Crippen LogP contribution in [0.3, 0.4) is 0 Å². The van der Waals surface area contributed by atoms with Gasteiger partial charge in [0, 0.05) is 16.6 Å². The van der Waals surface area contributed by atoms with E-state index in [9.17, 15) is 9.59 Å². The smallest absolute Gasteiger partial charge is 0.232 e. The summed E-state index contributed by atoms with van der Waals surface area (Å²) in [5.41, 5.74) is 3.37. The van der Waals surface area contributed by atoms with E-state index in [2.05, 4.69) is 26.6 Å². The van der Waals surface area contributed by atoms with Crippen LogP contribution < -0.4 is 10.6 Å². The second-order valence-electron chi connectivity index (χ2n) is 5.36. The van der Waals surface area contributed by atoms with E-state index in [1.807, 2.05) is 49.4 Å². The van der Waals surface area contributed by atoms with E-state index in [0.717, 1.165) is 15.6 Å². The Morgan fingerprint density at radius 2 is 2.05 bits per heavy atom. The zero-order valence-corrected chi connectivity index (χ0v) is 13.6. The van der Waals surface area contributed by atoms with E-state index in [-0.39, 0.29) is 18.2 Å². The zero-order valence-electron chi connectivity index (χ0n) is 12.0. The van der Waals surface area contributed by atoms with Crippen molar-refractivity contribution in [2.24, 2.45) is 0 Å². The topological polar surface area (TPSA) is 58.2 Å². The molecule has 1 atom stereocenters. The summed E-state index contributed by atoms with van der Waals surface area (Å²) in [5.74, 6) is -0.785. The maximum Gasteiger partial charge on any atom is 0.232 e. The molecule has 0 saturated carbocycles. The summed E-state index contributed by atoms with van der Waals surface area (Å²) in [6.45, 7) is 1.98. The predicted octanol–water partition coefficient (Wildman–Crippen LogP) is 3.82. The molecule has 2 N–H and O–H groups in total. The number of fused-ring (bicyclic) bond motifs is 1. The standard InChI is InChI=1S/C17H15BrN2O2/c1-10-6-7-15(13(18)8-10)20-17(22)12-9-16(21)19-14-5-3-2-4-11(12)14/h2-8,12H,9H2,1H3,(H,19,21)(H,20,22). The number of aryl methyl sites for hydroxylation is 1. The van der Waals surface area contributed by atoms with Gasteiger partial charge < -0.3 is 10.6 Å². The van der Waals surface area contributed by atoms with E-state index in [0.29, 0.717) is 11.4 Å². The van der Waals surface area contributed by atoms with Gasteiger partial charge in [0.1, 0.15) is 0 Å². The summed E-state index contributed by atoms with van der Waals surface area (Å²) < 4.78 is 0.828. The number of carbonyl (C=O) groups excluding carboxylic acids is 2. The molecule has 0 fully saturated rings. The van der Waals surface area contributed by atoms with Crippen LogP contribution in [-0.2, 0) is 9.59 Å². The monoisotopic (exact) mass is 358 g/mol. The van der Waals surface area contributed by atoms with E-state index >= 15 is 0 Å². The maximum atomic E-state index is 12.6. The van der Waals surface area contributed by atoms with Gasteiger partial charge in [0.2, 0.25) is 11.8 Å². The Kier molecular flexibility index (Phi) is 3.98. The average molecular weight is 359 g/mol. The number of amides is 2. The molecule has 2 aromatic rings. The highest BCUT2D eigenvalue weighted by atomic mass is 79.9. The predicted molar refractivity (Wildman–Crippen MR) is 89.9 cm³/mol. The number of halogens is 1. The number of hydrogen-bond donors (Lipinski definition) is 2. The fourth-order valence-corrected chi connectivity index (χ4v) is 3.18. The second kappa shape index (κ2) is 5.93. The van der Waals surface area contributed by atoms with E-state index in [1.165, 1.54) is 0 Å². The highest BCUT2D eigenvalue weighted by Gasteiger charge is 2.30. The molecule has 1 aliphatic rings. The van der Waals surface area contributed by atoms with Crippen molar-refractivity contribution in [3.63, 3.8) is 0 Å². The van der Waals surface area contributed by atoms with Crippen molar-refractivity contribution >= 4 is 39.1 Å². The van der Waals surface area contributed by atoms with Crippen LogP contribution in [0.2, 0.25) is 0 Å². The number of hydrogen-bond acceptors (Lipinski definition) is 2. The molecular weight excluding hydrogens is 344 g/mol. The van der Waals surface area contributed by atoms with Gasteiger partial charge >= 0.3 is 0 Å². The molecule has 0 saturated heterocycles. The lowest BCUT2D eigenvalue weighted by atomic mass is 9.90. The molecule has 2 aromatic carbocycles. The first-order chi connectivity index (χ1) is 10.5. The largest absolute Gasteiger partial charge is 0.326 e. The molecule has 0 radical (unpaired) electrons. The Labute approximate surface area is 137 Å². The third kappa shape index (κ3) is 2.90. The molecule has 0 aliphatic carbocycles. The van der Waals surface area contributed by atoms with Crippen molar-refractivity contribution in [1.82, 2.24) is 0 Å². The quantitative estimate of drug-likeness (QED) is 0.857. The normalized spacial score (nSPS) is 16.6. The highest BCUT2D eigenvalue weighted by molar-refractivity contribution is 9.10. The minimum absolute atomic E-state index is 0.137. The van der Waals surface area contributed by atoms with Gasteiger partial charge in [-0.15, -0.1) is 0 Å². The average Bonchev–Trinajstić information content (AvgIpc) is 2.49. The van der Waals surface area contributed by atoms with Gasteiger partial charge in [0.15, 0.2) is 0 Å². The molecule has 22 heavy (non-hydrogen) atoms. The molecule has 1 heterocycles. The Hall–Kier alpha value is -2.14. The van der Waals surface area contributed by atoms with Gasteiger partial charge in [-0.3, -0.25) is 9.59 Å². The SMILES string of the molecule is Cc1ccc(NC(=O)C2CC(=O)Nc3ccccc32)c(Br)c1. The summed E-state index contributed by atoms with van der Waals surface area (Å²) in [6.07, 6.45) is 0.159. The number of rotatable bonds is 2. The lowest BCUT2D eigenvalue weighted by molar-refractivity contribution is -0.123. The van der Waals surface area contributed by atoms with E-state index in [1.54, 1.807) is 0 Å². The van der Waals surface area contributed by atoms with Crippen molar-refractivity contribution in [2.45, 2.75) is 19.3 Å². The molecule has 0 aromatic heterocycles. The Morgan fingerprint density at radius 1 is 1.27 bits per heavy atom. The van der Waals surface area contributed by atoms with Crippen LogP contribution in [0.25, 0.3) is 0 Å². The van der Waals surface area contributed by atoms with Gasteiger partial charge in [-0.1, -0.05) is 24.3 Å². The minimum atomic E-state index is -0.474.